The van der Waals surface area contributed by atoms with Gasteiger partial charge in [0, 0.05) is 30.8 Å². The molecule has 1 fully saturated rings. The van der Waals surface area contributed by atoms with Crippen LogP contribution in [0, 0.1) is 11.6 Å². The van der Waals surface area contributed by atoms with E-state index < -0.39 is 18.3 Å². The standard InChI is InChI=1S/C20H22F3N3O/c21-7-1-4-16-17(22)9-13(10-18(16)23)5-6-14-11-19-25-8-2-3-15(25)12-26(19)20(27)24-14/h9-11,15H,1-8,12H2/t15-/m0/s1. The molecule has 1 atom stereocenters. The van der Waals surface area contributed by atoms with Crippen molar-refractivity contribution in [2.75, 3.05) is 18.1 Å². The zero-order valence-corrected chi connectivity index (χ0v) is 15.1. The maximum atomic E-state index is 14.1. The van der Waals surface area contributed by atoms with Crippen LogP contribution >= 0.6 is 0 Å². The summed E-state index contributed by atoms with van der Waals surface area (Å²) < 4.78 is 42.2. The predicted octanol–water partition coefficient (Wildman–Crippen LogP) is 3.19. The van der Waals surface area contributed by atoms with E-state index in [2.05, 4.69) is 9.88 Å². The highest BCUT2D eigenvalue weighted by atomic mass is 19.1. The molecule has 4 nitrogen and oxygen atoms in total. The highest BCUT2D eigenvalue weighted by molar-refractivity contribution is 5.46. The number of hydrogen-bond acceptors (Lipinski definition) is 3. The first kappa shape index (κ1) is 18.1. The van der Waals surface area contributed by atoms with Crippen LogP contribution in [0.5, 0.6) is 0 Å². The van der Waals surface area contributed by atoms with Gasteiger partial charge in [-0.25, -0.2) is 13.6 Å². The zero-order valence-electron chi connectivity index (χ0n) is 15.1. The first-order valence-electron chi connectivity index (χ1n) is 9.47. The van der Waals surface area contributed by atoms with Gasteiger partial charge in [-0.1, -0.05) is 0 Å². The summed E-state index contributed by atoms with van der Waals surface area (Å²) in [7, 11) is 0. The molecule has 2 aliphatic heterocycles. The van der Waals surface area contributed by atoms with E-state index in [-0.39, 0.29) is 24.1 Å². The van der Waals surface area contributed by atoms with Gasteiger partial charge in [-0.2, -0.15) is 4.98 Å². The van der Waals surface area contributed by atoms with E-state index in [4.69, 9.17) is 0 Å². The van der Waals surface area contributed by atoms with Crippen molar-refractivity contribution in [3.05, 3.63) is 57.1 Å². The Morgan fingerprint density at radius 1 is 1.11 bits per heavy atom. The molecule has 0 aliphatic carbocycles. The second-order valence-corrected chi connectivity index (χ2v) is 7.32. The highest BCUT2D eigenvalue weighted by Gasteiger charge is 2.34. The number of rotatable bonds is 6. The predicted molar refractivity (Wildman–Crippen MR) is 96.9 cm³/mol. The number of halogens is 3. The Bertz CT molecular complexity index is 889. The van der Waals surface area contributed by atoms with Gasteiger partial charge < -0.3 is 4.90 Å². The fourth-order valence-electron chi connectivity index (χ4n) is 4.17. The lowest BCUT2D eigenvalue weighted by Crippen LogP contribution is -2.24. The van der Waals surface area contributed by atoms with Gasteiger partial charge in [0.25, 0.3) is 0 Å². The molecular formula is C20H22F3N3O. The van der Waals surface area contributed by atoms with Crippen molar-refractivity contribution in [1.82, 2.24) is 9.55 Å². The number of alkyl halides is 1. The van der Waals surface area contributed by atoms with Crippen LogP contribution in [0.15, 0.2) is 23.0 Å². The van der Waals surface area contributed by atoms with Crippen LogP contribution < -0.4 is 10.6 Å². The van der Waals surface area contributed by atoms with Crippen molar-refractivity contribution >= 4 is 5.82 Å². The van der Waals surface area contributed by atoms with Gasteiger partial charge in [-0.3, -0.25) is 8.96 Å². The summed E-state index contributed by atoms with van der Waals surface area (Å²) >= 11 is 0. The Hall–Kier alpha value is -2.31. The minimum absolute atomic E-state index is 0.0502. The van der Waals surface area contributed by atoms with E-state index in [1.807, 2.05) is 6.07 Å². The van der Waals surface area contributed by atoms with Crippen molar-refractivity contribution in [2.45, 2.75) is 51.1 Å². The lowest BCUT2D eigenvalue weighted by molar-refractivity contribution is 0.462. The molecule has 27 heavy (non-hydrogen) atoms. The molecule has 2 aromatic rings. The quantitative estimate of drug-likeness (QED) is 0.776. The molecule has 144 valence electrons. The van der Waals surface area contributed by atoms with Crippen LogP contribution in [0.25, 0.3) is 0 Å². The van der Waals surface area contributed by atoms with E-state index in [9.17, 15) is 18.0 Å². The Kier molecular flexibility index (Phi) is 4.93. The summed E-state index contributed by atoms with van der Waals surface area (Å²) in [5.74, 6) is -0.368. The van der Waals surface area contributed by atoms with E-state index in [1.165, 1.54) is 12.1 Å². The van der Waals surface area contributed by atoms with Gasteiger partial charge >= 0.3 is 5.69 Å². The molecular weight excluding hydrogens is 355 g/mol. The van der Waals surface area contributed by atoms with E-state index in [1.54, 1.807) is 4.57 Å². The van der Waals surface area contributed by atoms with Gasteiger partial charge in [0.05, 0.1) is 12.4 Å². The monoisotopic (exact) mass is 377 g/mol. The lowest BCUT2D eigenvalue weighted by atomic mass is 10.0. The molecule has 0 N–H and O–H groups in total. The van der Waals surface area contributed by atoms with Gasteiger partial charge in [-0.15, -0.1) is 0 Å². The topological polar surface area (TPSA) is 38.1 Å². The van der Waals surface area contributed by atoms with Crippen LogP contribution in [-0.4, -0.2) is 28.8 Å². The molecule has 0 spiro atoms. The summed E-state index contributed by atoms with van der Waals surface area (Å²) in [6.07, 6.45) is 3.19. The summed E-state index contributed by atoms with van der Waals surface area (Å²) in [4.78, 5) is 18.7. The average Bonchev–Trinajstić information content (AvgIpc) is 3.22. The average molecular weight is 377 g/mol. The summed E-state index contributed by atoms with van der Waals surface area (Å²) in [5.41, 5.74) is 0.831. The summed E-state index contributed by atoms with van der Waals surface area (Å²) in [6, 6.07) is 4.91. The third-order valence-electron chi connectivity index (χ3n) is 5.54. The maximum Gasteiger partial charge on any atom is 0.349 e. The number of fused-ring (bicyclic) bond motifs is 3. The maximum absolute atomic E-state index is 14.1. The third kappa shape index (κ3) is 3.47. The van der Waals surface area contributed by atoms with E-state index in [0.717, 1.165) is 25.2 Å². The molecule has 0 saturated carbocycles. The van der Waals surface area contributed by atoms with Gasteiger partial charge in [0.1, 0.15) is 17.5 Å². The summed E-state index contributed by atoms with van der Waals surface area (Å²) in [5, 5.41) is 0. The van der Waals surface area contributed by atoms with Crippen LogP contribution in [0.1, 0.15) is 36.1 Å². The number of nitrogens with zero attached hydrogens (tertiary/aromatic N) is 3. The molecule has 0 amide bonds. The van der Waals surface area contributed by atoms with Crippen molar-refractivity contribution < 1.29 is 13.2 Å². The second-order valence-electron chi connectivity index (χ2n) is 7.32. The van der Waals surface area contributed by atoms with Crippen LogP contribution in [0.3, 0.4) is 0 Å². The molecule has 3 heterocycles. The smallest absolute Gasteiger partial charge is 0.349 e. The van der Waals surface area contributed by atoms with Crippen molar-refractivity contribution in [3.8, 4) is 0 Å². The van der Waals surface area contributed by atoms with Crippen molar-refractivity contribution in [3.63, 3.8) is 0 Å². The number of aryl methyl sites for hydroxylation is 2. The number of benzene rings is 1. The highest BCUT2D eigenvalue weighted by Crippen LogP contribution is 2.31. The van der Waals surface area contributed by atoms with E-state index in [0.29, 0.717) is 36.7 Å². The minimum Gasteiger partial charge on any atom is -0.353 e. The molecule has 2 aliphatic rings. The second kappa shape index (κ2) is 7.37. The fraction of sp³-hybridized carbons (Fsp3) is 0.500. The molecule has 4 rings (SSSR count). The van der Waals surface area contributed by atoms with Crippen LogP contribution in [0.2, 0.25) is 0 Å². The first-order valence-corrected chi connectivity index (χ1v) is 9.47. The first-order chi connectivity index (χ1) is 13.1. The zero-order chi connectivity index (χ0) is 19.0. The normalized spacial score (nSPS) is 18.0. The van der Waals surface area contributed by atoms with Gasteiger partial charge in [-0.05, 0) is 56.2 Å². The van der Waals surface area contributed by atoms with Crippen LogP contribution in [0.4, 0.5) is 19.0 Å². The number of aromatic nitrogens is 2. The van der Waals surface area contributed by atoms with Crippen molar-refractivity contribution in [2.24, 2.45) is 0 Å². The Labute approximate surface area is 155 Å². The number of hydrogen-bond donors (Lipinski definition) is 0. The van der Waals surface area contributed by atoms with E-state index >= 15 is 0 Å². The molecule has 0 bridgehead atoms. The van der Waals surface area contributed by atoms with Crippen LogP contribution in [-0.2, 0) is 25.8 Å². The third-order valence-corrected chi connectivity index (χ3v) is 5.54. The molecule has 1 aromatic heterocycles. The molecule has 1 saturated heterocycles. The molecule has 1 aromatic carbocycles. The SMILES string of the molecule is O=c1nc(CCc2cc(F)c(CCCF)c(F)c2)cc2n1C[C@@H]1CCCN21. The Morgan fingerprint density at radius 3 is 2.63 bits per heavy atom. The Balaban J connectivity index is 1.51. The van der Waals surface area contributed by atoms with Gasteiger partial charge in [0.15, 0.2) is 0 Å². The largest absolute Gasteiger partial charge is 0.353 e. The number of anilines is 1. The van der Waals surface area contributed by atoms with Crippen molar-refractivity contribution in [1.29, 1.82) is 0 Å². The molecule has 0 unspecified atom stereocenters. The summed E-state index contributed by atoms with van der Waals surface area (Å²) in [6.45, 7) is 1.04. The molecule has 0 radical (unpaired) electrons. The van der Waals surface area contributed by atoms with Gasteiger partial charge in [0.2, 0.25) is 0 Å². The fourth-order valence-corrected chi connectivity index (χ4v) is 4.17. The Morgan fingerprint density at radius 2 is 1.89 bits per heavy atom. The minimum atomic E-state index is -0.639. The molecule has 7 heteroatoms. The lowest BCUT2D eigenvalue weighted by Gasteiger charge is -2.17.